The van der Waals surface area contributed by atoms with Crippen LogP contribution in [0.2, 0.25) is 5.02 Å². The van der Waals surface area contributed by atoms with Gasteiger partial charge in [0.05, 0.1) is 12.7 Å². The van der Waals surface area contributed by atoms with Gasteiger partial charge in [-0.05, 0) is 59.3 Å². The highest BCUT2D eigenvalue weighted by Gasteiger charge is 2.14. The summed E-state index contributed by atoms with van der Waals surface area (Å²) in [6, 6.07) is 25.0. The molecule has 2 amide bonds. The lowest BCUT2D eigenvalue weighted by molar-refractivity contribution is 0.101. The molecule has 0 heterocycles. The molecule has 0 spiro atoms. The molecule has 0 fully saturated rings. The van der Waals surface area contributed by atoms with Crippen LogP contribution < -0.4 is 15.4 Å². The van der Waals surface area contributed by atoms with Crippen LogP contribution in [0.25, 0.3) is 10.8 Å². The quantitative estimate of drug-likeness (QED) is 0.407. The van der Waals surface area contributed by atoms with Crippen LogP contribution in [0.1, 0.15) is 20.7 Å². The molecular formula is C25H19ClN2O3. The standard InChI is InChI=1S/C25H19ClN2O3/c1-31-23-14-17-7-3-2-6-16(17)13-22(23)25(30)28-21-11-5-10-20(15-21)27-24(29)18-8-4-9-19(26)12-18/h2-15H,1H3,(H,27,29)(H,28,30). The van der Waals surface area contributed by atoms with E-state index in [0.29, 0.717) is 33.3 Å². The van der Waals surface area contributed by atoms with Crippen LogP contribution in [0.4, 0.5) is 11.4 Å². The fraction of sp³-hybridized carbons (Fsp3) is 0.0400. The molecule has 4 rings (SSSR count). The van der Waals surface area contributed by atoms with E-state index >= 15 is 0 Å². The molecule has 0 saturated carbocycles. The summed E-state index contributed by atoms with van der Waals surface area (Å²) in [6.45, 7) is 0. The monoisotopic (exact) mass is 430 g/mol. The lowest BCUT2D eigenvalue weighted by Gasteiger charge is -2.12. The normalized spacial score (nSPS) is 10.5. The molecule has 2 N–H and O–H groups in total. The Morgan fingerprint density at radius 1 is 0.742 bits per heavy atom. The van der Waals surface area contributed by atoms with Crippen molar-refractivity contribution in [2.45, 2.75) is 0 Å². The van der Waals surface area contributed by atoms with E-state index in [1.807, 2.05) is 30.3 Å². The number of hydrogen-bond acceptors (Lipinski definition) is 3. The molecule has 0 atom stereocenters. The van der Waals surface area contributed by atoms with Gasteiger partial charge in [0.2, 0.25) is 0 Å². The molecule has 0 aliphatic heterocycles. The highest BCUT2D eigenvalue weighted by molar-refractivity contribution is 6.31. The second-order valence-electron chi connectivity index (χ2n) is 6.90. The number of carbonyl (C=O) groups excluding carboxylic acids is 2. The first-order valence-electron chi connectivity index (χ1n) is 9.58. The number of rotatable bonds is 5. The zero-order valence-corrected chi connectivity index (χ0v) is 17.4. The van der Waals surface area contributed by atoms with Gasteiger partial charge in [-0.15, -0.1) is 0 Å². The van der Waals surface area contributed by atoms with Gasteiger partial charge in [-0.2, -0.15) is 0 Å². The van der Waals surface area contributed by atoms with Gasteiger partial charge in [0.1, 0.15) is 5.75 Å². The maximum absolute atomic E-state index is 12.9. The predicted molar refractivity (Wildman–Crippen MR) is 124 cm³/mol. The number of hydrogen-bond donors (Lipinski definition) is 2. The van der Waals surface area contributed by atoms with Gasteiger partial charge in [0.15, 0.2) is 0 Å². The van der Waals surface area contributed by atoms with Crippen molar-refractivity contribution in [1.29, 1.82) is 0 Å². The lowest BCUT2D eigenvalue weighted by Crippen LogP contribution is -2.14. The first-order valence-corrected chi connectivity index (χ1v) is 9.96. The molecule has 0 aromatic heterocycles. The molecule has 5 nitrogen and oxygen atoms in total. The van der Waals surface area contributed by atoms with Gasteiger partial charge in [-0.25, -0.2) is 0 Å². The smallest absolute Gasteiger partial charge is 0.259 e. The topological polar surface area (TPSA) is 67.4 Å². The maximum Gasteiger partial charge on any atom is 0.259 e. The number of nitrogens with one attached hydrogen (secondary N) is 2. The molecule has 0 radical (unpaired) electrons. The van der Waals surface area contributed by atoms with Crippen molar-refractivity contribution >= 4 is 45.6 Å². The Labute approximate surface area is 184 Å². The molecule has 4 aromatic rings. The second kappa shape index (κ2) is 8.90. The first kappa shape index (κ1) is 20.4. The van der Waals surface area contributed by atoms with Crippen LogP contribution in [-0.2, 0) is 0 Å². The minimum atomic E-state index is -0.305. The Hall–Kier alpha value is -3.83. The van der Waals surface area contributed by atoms with Crippen molar-refractivity contribution in [2.24, 2.45) is 0 Å². The van der Waals surface area contributed by atoms with E-state index in [4.69, 9.17) is 16.3 Å². The van der Waals surface area contributed by atoms with E-state index in [1.165, 1.54) is 7.11 Å². The first-order chi connectivity index (χ1) is 15.0. The zero-order valence-electron chi connectivity index (χ0n) is 16.7. The number of methoxy groups -OCH3 is 1. The predicted octanol–water partition coefficient (Wildman–Crippen LogP) is 6.01. The summed E-state index contributed by atoms with van der Waals surface area (Å²) in [5.41, 5.74) is 1.97. The van der Waals surface area contributed by atoms with Crippen LogP contribution in [-0.4, -0.2) is 18.9 Å². The summed E-state index contributed by atoms with van der Waals surface area (Å²) in [6.07, 6.45) is 0. The summed E-state index contributed by atoms with van der Waals surface area (Å²) >= 11 is 5.96. The number of fused-ring (bicyclic) bond motifs is 1. The van der Waals surface area contributed by atoms with Crippen LogP contribution in [0.15, 0.2) is 84.9 Å². The third kappa shape index (κ3) is 4.68. The fourth-order valence-electron chi connectivity index (χ4n) is 3.27. The van der Waals surface area contributed by atoms with E-state index in [-0.39, 0.29) is 11.8 Å². The van der Waals surface area contributed by atoms with Gasteiger partial charge in [-0.3, -0.25) is 9.59 Å². The molecule has 0 unspecified atom stereocenters. The summed E-state index contributed by atoms with van der Waals surface area (Å²) < 4.78 is 5.42. The summed E-state index contributed by atoms with van der Waals surface area (Å²) in [5.74, 6) is -0.107. The van der Waals surface area contributed by atoms with Crippen LogP contribution >= 0.6 is 11.6 Å². The molecule has 31 heavy (non-hydrogen) atoms. The van der Waals surface area contributed by atoms with E-state index in [1.54, 1.807) is 54.6 Å². The van der Waals surface area contributed by atoms with Gasteiger partial charge in [-0.1, -0.05) is 48.0 Å². The SMILES string of the molecule is COc1cc2ccccc2cc1C(=O)Nc1cccc(NC(=O)c2cccc(Cl)c2)c1. The molecule has 4 aromatic carbocycles. The molecule has 154 valence electrons. The van der Waals surface area contributed by atoms with Gasteiger partial charge in [0, 0.05) is 22.0 Å². The van der Waals surface area contributed by atoms with Gasteiger partial charge in [0.25, 0.3) is 11.8 Å². The molecular weight excluding hydrogens is 412 g/mol. The van der Waals surface area contributed by atoms with Crippen molar-refractivity contribution in [3.63, 3.8) is 0 Å². The summed E-state index contributed by atoms with van der Waals surface area (Å²) in [7, 11) is 1.53. The van der Waals surface area contributed by atoms with E-state index in [2.05, 4.69) is 10.6 Å². The van der Waals surface area contributed by atoms with Crippen molar-refractivity contribution in [3.05, 3.63) is 101 Å². The Morgan fingerprint density at radius 3 is 2.06 bits per heavy atom. The van der Waals surface area contributed by atoms with Crippen LogP contribution in [0, 0.1) is 0 Å². The molecule has 0 aliphatic carbocycles. The molecule has 0 aliphatic rings. The Morgan fingerprint density at radius 2 is 1.39 bits per heavy atom. The van der Waals surface area contributed by atoms with Gasteiger partial charge < -0.3 is 15.4 Å². The number of halogens is 1. The Balaban J connectivity index is 1.54. The average Bonchev–Trinajstić information content (AvgIpc) is 2.78. The van der Waals surface area contributed by atoms with Crippen molar-refractivity contribution in [3.8, 4) is 5.75 Å². The number of ether oxygens (including phenoxy) is 1. The van der Waals surface area contributed by atoms with Crippen LogP contribution in [0.3, 0.4) is 0 Å². The third-order valence-corrected chi connectivity index (χ3v) is 5.01. The number of amides is 2. The molecule has 0 saturated heterocycles. The summed E-state index contributed by atoms with van der Waals surface area (Å²) in [4.78, 5) is 25.4. The third-order valence-electron chi connectivity index (χ3n) is 4.78. The maximum atomic E-state index is 12.9. The average molecular weight is 431 g/mol. The lowest BCUT2D eigenvalue weighted by atomic mass is 10.1. The largest absolute Gasteiger partial charge is 0.496 e. The fourth-order valence-corrected chi connectivity index (χ4v) is 3.46. The molecule has 6 heteroatoms. The number of anilines is 2. The highest BCUT2D eigenvalue weighted by atomic mass is 35.5. The number of carbonyl (C=O) groups is 2. The number of benzene rings is 4. The minimum absolute atomic E-state index is 0.290. The summed E-state index contributed by atoms with van der Waals surface area (Å²) in [5, 5.41) is 8.09. The highest BCUT2D eigenvalue weighted by Crippen LogP contribution is 2.27. The Bertz CT molecular complexity index is 1290. The van der Waals surface area contributed by atoms with Crippen molar-refractivity contribution in [2.75, 3.05) is 17.7 Å². The molecule has 0 bridgehead atoms. The Kier molecular flexibility index (Phi) is 5.87. The van der Waals surface area contributed by atoms with Crippen molar-refractivity contribution in [1.82, 2.24) is 0 Å². The second-order valence-corrected chi connectivity index (χ2v) is 7.34. The van der Waals surface area contributed by atoms with Crippen molar-refractivity contribution < 1.29 is 14.3 Å². The zero-order chi connectivity index (χ0) is 21.8. The van der Waals surface area contributed by atoms with E-state index in [9.17, 15) is 9.59 Å². The van der Waals surface area contributed by atoms with E-state index < -0.39 is 0 Å². The van der Waals surface area contributed by atoms with Gasteiger partial charge >= 0.3 is 0 Å². The van der Waals surface area contributed by atoms with Crippen LogP contribution in [0.5, 0.6) is 5.75 Å². The minimum Gasteiger partial charge on any atom is -0.496 e. The van der Waals surface area contributed by atoms with E-state index in [0.717, 1.165) is 10.8 Å².